The summed E-state index contributed by atoms with van der Waals surface area (Å²) in [5.41, 5.74) is 8.57. The molecule has 0 saturated carbocycles. The number of anilines is 1. The predicted molar refractivity (Wildman–Crippen MR) is 87.4 cm³/mol. The smallest absolute Gasteiger partial charge is 0.137 e. The molecule has 0 amide bonds. The van der Waals surface area contributed by atoms with Gasteiger partial charge >= 0.3 is 0 Å². The molecule has 4 nitrogen and oxygen atoms in total. The second kappa shape index (κ2) is 4.50. The Morgan fingerprint density at radius 1 is 1.19 bits per heavy atom. The Kier molecular flexibility index (Phi) is 3.10. The number of rotatable bonds is 1. The molecule has 3 rings (SSSR count). The lowest BCUT2D eigenvalue weighted by atomic mass is 9.67. The Morgan fingerprint density at radius 2 is 1.90 bits per heavy atom. The van der Waals surface area contributed by atoms with Crippen LogP contribution in [0, 0.1) is 12.3 Å². The van der Waals surface area contributed by atoms with Crippen LogP contribution in [0.5, 0.6) is 0 Å². The molecule has 0 fully saturated rings. The van der Waals surface area contributed by atoms with Crippen LogP contribution in [0.25, 0.3) is 10.6 Å². The van der Waals surface area contributed by atoms with E-state index in [1.165, 1.54) is 17.0 Å². The Balaban J connectivity index is 2.11. The highest BCUT2D eigenvalue weighted by Crippen LogP contribution is 2.49. The first kappa shape index (κ1) is 14.4. The number of nitrogens with zero attached hydrogens (tertiary/aromatic N) is 3. The van der Waals surface area contributed by atoms with Crippen LogP contribution in [0.15, 0.2) is 6.20 Å². The molecule has 0 bridgehead atoms. The highest BCUT2D eigenvalue weighted by molar-refractivity contribution is 7.15. The molecule has 21 heavy (non-hydrogen) atoms. The van der Waals surface area contributed by atoms with Gasteiger partial charge in [0.05, 0.1) is 11.3 Å². The first-order valence-corrected chi connectivity index (χ1v) is 8.09. The summed E-state index contributed by atoms with van der Waals surface area (Å²) in [5, 5.41) is 0.947. The highest BCUT2D eigenvalue weighted by Gasteiger charge is 2.40. The summed E-state index contributed by atoms with van der Waals surface area (Å²) in [6.45, 7) is 11.1. The van der Waals surface area contributed by atoms with Gasteiger partial charge in [0.15, 0.2) is 0 Å². The summed E-state index contributed by atoms with van der Waals surface area (Å²) >= 11 is 1.75. The van der Waals surface area contributed by atoms with Crippen LogP contribution in [-0.2, 0) is 11.8 Å². The van der Waals surface area contributed by atoms with E-state index >= 15 is 0 Å². The third kappa shape index (κ3) is 2.55. The van der Waals surface area contributed by atoms with Crippen LogP contribution in [0.1, 0.15) is 50.5 Å². The van der Waals surface area contributed by atoms with Gasteiger partial charge < -0.3 is 5.73 Å². The topological polar surface area (TPSA) is 64.7 Å². The van der Waals surface area contributed by atoms with Crippen molar-refractivity contribution in [1.82, 2.24) is 15.0 Å². The fourth-order valence-corrected chi connectivity index (χ4v) is 4.76. The second-order valence-corrected chi connectivity index (χ2v) is 8.41. The van der Waals surface area contributed by atoms with Gasteiger partial charge in [0.2, 0.25) is 0 Å². The fraction of sp³-hybridized carbons (Fsp3) is 0.562. The normalized spacial score (nSPS) is 19.3. The molecule has 2 aromatic heterocycles. The maximum Gasteiger partial charge on any atom is 0.137 e. The van der Waals surface area contributed by atoms with E-state index < -0.39 is 0 Å². The van der Waals surface area contributed by atoms with Crippen LogP contribution >= 0.6 is 11.3 Å². The molecule has 0 unspecified atom stereocenters. The Bertz CT molecular complexity index is 700. The zero-order chi connectivity index (χ0) is 15.4. The van der Waals surface area contributed by atoms with Crippen LogP contribution in [0.4, 0.5) is 5.82 Å². The zero-order valence-corrected chi connectivity index (χ0v) is 14.1. The molecule has 5 heteroatoms. The van der Waals surface area contributed by atoms with Crippen LogP contribution in [0.2, 0.25) is 0 Å². The molecule has 2 N–H and O–H groups in total. The van der Waals surface area contributed by atoms with E-state index in [0.29, 0.717) is 11.6 Å². The van der Waals surface area contributed by atoms with Gasteiger partial charge in [-0.25, -0.2) is 15.0 Å². The number of nitrogen functional groups attached to an aromatic ring is 1. The van der Waals surface area contributed by atoms with Gasteiger partial charge in [0, 0.05) is 16.5 Å². The molecule has 2 aromatic rings. The quantitative estimate of drug-likeness (QED) is 0.871. The third-order valence-electron chi connectivity index (χ3n) is 4.05. The summed E-state index contributed by atoms with van der Waals surface area (Å²) in [6, 6.07) is 0. The molecular formula is C16H22N4S. The van der Waals surface area contributed by atoms with Crippen molar-refractivity contribution >= 4 is 17.2 Å². The van der Waals surface area contributed by atoms with Crippen LogP contribution in [0.3, 0.4) is 0 Å². The number of hydrogen-bond donors (Lipinski definition) is 1. The van der Waals surface area contributed by atoms with E-state index in [1.54, 1.807) is 17.5 Å². The summed E-state index contributed by atoms with van der Waals surface area (Å²) in [4.78, 5) is 14.8. The van der Waals surface area contributed by atoms with Crippen molar-refractivity contribution < 1.29 is 0 Å². The minimum atomic E-state index is 0.160. The molecule has 0 aliphatic heterocycles. The summed E-state index contributed by atoms with van der Waals surface area (Å²) in [6.07, 6.45) is 3.99. The SMILES string of the molecule is Cc1ncc(-c2nc3c(s2)C(C)(C)CC(C)(C)C3)c(N)n1. The van der Waals surface area contributed by atoms with Crippen molar-refractivity contribution in [3.63, 3.8) is 0 Å². The van der Waals surface area contributed by atoms with E-state index in [-0.39, 0.29) is 10.8 Å². The molecule has 1 aliphatic rings. The highest BCUT2D eigenvalue weighted by atomic mass is 32.1. The average molecular weight is 302 g/mol. The summed E-state index contributed by atoms with van der Waals surface area (Å²) in [5.74, 6) is 1.21. The zero-order valence-electron chi connectivity index (χ0n) is 13.3. The number of aromatic nitrogens is 3. The number of aryl methyl sites for hydroxylation is 1. The van der Waals surface area contributed by atoms with E-state index in [2.05, 4.69) is 37.7 Å². The number of thiazole rings is 1. The first-order valence-electron chi connectivity index (χ1n) is 7.28. The largest absolute Gasteiger partial charge is 0.383 e. The van der Waals surface area contributed by atoms with Gasteiger partial charge in [-0.3, -0.25) is 0 Å². The molecular weight excluding hydrogens is 280 g/mol. The predicted octanol–water partition coefficient (Wildman–Crippen LogP) is 3.74. The van der Waals surface area contributed by atoms with Crippen molar-refractivity contribution in [3.8, 4) is 10.6 Å². The van der Waals surface area contributed by atoms with Crippen molar-refractivity contribution in [1.29, 1.82) is 0 Å². The summed E-state index contributed by atoms with van der Waals surface area (Å²) < 4.78 is 0. The molecule has 0 radical (unpaired) electrons. The standard InChI is InChI=1S/C16H22N4S/c1-9-18-7-10(13(17)19-9)14-20-11-6-15(2,3)8-16(4,5)12(11)21-14/h7H,6,8H2,1-5H3,(H2,17,18,19). The van der Waals surface area contributed by atoms with Crippen LogP contribution in [-0.4, -0.2) is 15.0 Å². The van der Waals surface area contributed by atoms with Crippen molar-refractivity contribution in [2.75, 3.05) is 5.73 Å². The minimum absolute atomic E-state index is 0.160. The molecule has 2 heterocycles. The van der Waals surface area contributed by atoms with Crippen molar-refractivity contribution in [2.45, 2.75) is 52.9 Å². The van der Waals surface area contributed by atoms with Gasteiger partial charge in [0.25, 0.3) is 0 Å². The minimum Gasteiger partial charge on any atom is -0.383 e. The molecule has 0 atom stereocenters. The Labute approximate surface area is 129 Å². The number of fused-ring (bicyclic) bond motifs is 1. The van der Waals surface area contributed by atoms with Crippen molar-refractivity contribution in [2.24, 2.45) is 5.41 Å². The monoisotopic (exact) mass is 302 g/mol. The molecule has 0 aromatic carbocycles. The van der Waals surface area contributed by atoms with E-state index in [4.69, 9.17) is 10.7 Å². The molecule has 0 saturated heterocycles. The molecule has 112 valence electrons. The third-order valence-corrected chi connectivity index (χ3v) is 5.54. The average Bonchev–Trinajstić information content (AvgIpc) is 2.70. The first-order chi connectivity index (χ1) is 9.68. The summed E-state index contributed by atoms with van der Waals surface area (Å²) in [7, 11) is 0. The lowest BCUT2D eigenvalue weighted by Gasteiger charge is -2.39. The number of hydrogen-bond acceptors (Lipinski definition) is 5. The molecule has 1 aliphatic carbocycles. The number of nitrogens with two attached hydrogens (primary N) is 1. The van der Waals surface area contributed by atoms with E-state index in [1.807, 2.05) is 6.92 Å². The van der Waals surface area contributed by atoms with Gasteiger partial charge in [-0.2, -0.15) is 0 Å². The van der Waals surface area contributed by atoms with Crippen molar-refractivity contribution in [3.05, 3.63) is 22.6 Å². The maximum atomic E-state index is 6.05. The van der Waals surface area contributed by atoms with Gasteiger partial charge in [0.1, 0.15) is 16.6 Å². The second-order valence-electron chi connectivity index (χ2n) is 7.41. The van der Waals surface area contributed by atoms with E-state index in [9.17, 15) is 0 Å². The lowest BCUT2D eigenvalue weighted by Crippen LogP contribution is -2.33. The maximum absolute atomic E-state index is 6.05. The van der Waals surface area contributed by atoms with Gasteiger partial charge in [-0.15, -0.1) is 11.3 Å². The Hall–Kier alpha value is -1.49. The molecule has 0 spiro atoms. The van der Waals surface area contributed by atoms with Gasteiger partial charge in [-0.05, 0) is 25.2 Å². The van der Waals surface area contributed by atoms with Gasteiger partial charge in [-0.1, -0.05) is 27.7 Å². The lowest BCUT2D eigenvalue weighted by molar-refractivity contribution is 0.232. The Morgan fingerprint density at radius 3 is 2.57 bits per heavy atom. The van der Waals surface area contributed by atoms with E-state index in [0.717, 1.165) is 17.0 Å². The fourth-order valence-electron chi connectivity index (χ4n) is 3.56. The van der Waals surface area contributed by atoms with Crippen LogP contribution < -0.4 is 5.73 Å².